The molecule has 0 radical (unpaired) electrons. The van der Waals surface area contributed by atoms with Crippen LogP contribution in [-0.4, -0.2) is 32.6 Å². The van der Waals surface area contributed by atoms with Crippen LogP contribution in [-0.2, 0) is 17.1 Å². The average molecular weight is 732 g/mol. The van der Waals surface area contributed by atoms with Crippen molar-refractivity contribution >= 4 is 50.5 Å². The molecule has 1 heterocycles. The van der Waals surface area contributed by atoms with Crippen molar-refractivity contribution in [2.24, 2.45) is 9.98 Å². The number of hydrogen-bond donors (Lipinski definition) is 0. The van der Waals surface area contributed by atoms with Gasteiger partial charge in [0.15, 0.2) is 0 Å². The molecule has 0 saturated heterocycles. The van der Waals surface area contributed by atoms with Crippen molar-refractivity contribution in [3.8, 4) is 0 Å². The molecule has 3 rings (SSSR count). The third-order valence-corrected chi connectivity index (χ3v) is 18.9. The number of pyridine rings is 1. The summed E-state index contributed by atoms with van der Waals surface area (Å²) >= 11 is 6.43. The van der Waals surface area contributed by atoms with E-state index in [4.69, 9.17) is 26.6 Å². The van der Waals surface area contributed by atoms with Gasteiger partial charge in [0.25, 0.3) is 0 Å². The second-order valence-corrected chi connectivity index (χ2v) is 23.7. The Labute approximate surface area is 307 Å². The molecule has 3 nitrogen and oxygen atoms in total. The Morgan fingerprint density at radius 1 is 0.617 bits per heavy atom. The van der Waals surface area contributed by atoms with Gasteiger partial charge >= 0.3 is 17.1 Å². The largest absolute Gasteiger partial charge is 2.00 e. The summed E-state index contributed by atoms with van der Waals surface area (Å²) in [6.07, 6.45) is 0. The summed E-state index contributed by atoms with van der Waals surface area (Å²) in [5, 5.41) is 0.658. The first-order valence-corrected chi connectivity index (χ1v) is 23.2. The van der Waals surface area contributed by atoms with E-state index in [1.165, 1.54) is 53.0 Å². The van der Waals surface area contributed by atoms with Gasteiger partial charge in [0.1, 0.15) is 0 Å². The minimum atomic E-state index is -0.921. The molecule has 0 spiro atoms. The van der Waals surface area contributed by atoms with Crippen molar-refractivity contribution in [3.63, 3.8) is 0 Å². The zero-order valence-electron chi connectivity index (χ0n) is 31.8. The van der Waals surface area contributed by atoms with Crippen LogP contribution in [0.2, 0.25) is 41.3 Å². The normalized spacial score (nSPS) is 12.0. The van der Waals surface area contributed by atoms with Gasteiger partial charge in [0.05, 0.1) is 39.2 Å². The molecular weight excluding hydrogens is 670 g/mol. The molecule has 0 aliphatic carbocycles. The molecule has 0 fully saturated rings. The van der Waals surface area contributed by atoms with Crippen LogP contribution in [0.4, 0.5) is 11.4 Å². The number of aromatic nitrogens is 1. The molecule has 47 heavy (non-hydrogen) atoms. The summed E-state index contributed by atoms with van der Waals surface area (Å²) in [6.45, 7) is 36.5. The van der Waals surface area contributed by atoms with Crippen LogP contribution < -0.4 is 0 Å². The molecule has 1 aromatic heterocycles. The Hall–Kier alpha value is -1.83. The van der Waals surface area contributed by atoms with Gasteiger partial charge in [-0.05, 0) is 88.9 Å². The number of aliphatic imine (C=N–C) groups is 2. The Kier molecular flexibility index (Phi) is 20.5. The van der Waals surface area contributed by atoms with E-state index in [0.717, 1.165) is 45.3 Å². The number of nitrogens with zero attached hydrogens (tertiary/aromatic N) is 3. The average Bonchev–Trinajstić information content (AvgIpc) is 3.04. The minimum Gasteiger partial charge on any atom is -0.342 e. The number of rotatable bonds is 10. The first-order valence-electron chi connectivity index (χ1n) is 17.2. The second kappa shape index (κ2) is 21.3. The molecule has 0 aliphatic rings. The van der Waals surface area contributed by atoms with E-state index >= 15 is 0 Å². The Morgan fingerprint density at radius 3 is 1.26 bits per heavy atom. The molecule has 0 atom stereocenters. The molecule has 0 amide bonds. The van der Waals surface area contributed by atoms with Crippen molar-refractivity contribution in [1.82, 2.24) is 4.98 Å². The van der Waals surface area contributed by atoms with Gasteiger partial charge in [0.2, 0.25) is 0 Å². The van der Waals surface area contributed by atoms with Gasteiger partial charge < -0.3 is 13.1 Å². The third kappa shape index (κ3) is 14.3. The van der Waals surface area contributed by atoms with Gasteiger partial charge in [-0.25, -0.2) is 9.98 Å². The summed E-state index contributed by atoms with van der Waals surface area (Å²) in [5.41, 5.74) is 10.9. The van der Waals surface area contributed by atoms with Crippen molar-refractivity contribution < 1.29 is 17.1 Å². The second-order valence-electron chi connectivity index (χ2n) is 13.1. The zero-order chi connectivity index (χ0) is 35.2. The van der Waals surface area contributed by atoms with Gasteiger partial charge in [-0.3, -0.25) is 4.99 Å². The molecule has 0 N–H and O–H groups in total. The SMILES string of the molecule is CC(=Nc1c(C)cc(C)cc1C)c1cccc(C(C)=Nc2c(C)cc(C)cc2Cl)n1.[CH2-][Si](CC)(CC)CC.[CH2-][Si](CC)(CC)CC.[Fe+2]. The Bertz CT molecular complexity index is 1300. The number of aryl methyl sites for hydroxylation is 5. The van der Waals surface area contributed by atoms with Crippen molar-refractivity contribution in [2.75, 3.05) is 0 Å². The molecule has 0 unspecified atom stereocenters. The number of hydrogen-bond acceptors (Lipinski definition) is 3. The van der Waals surface area contributed by atoms with E-state index in [0.29, 0.717) is 5.02 Å². The maximum Gasteiger partial charge on any atom is 2.00 e. The van der Waals surface area contributed by atoms with E-state index in [1.54, 1.807) is 0 Å². The van der Waals surface area contributed by atoms with Gasteiger partial charge in [-0.2, -0.15) is 0 Å². The van der Waals surface area contributed by atoms with Crippen molar-refractivity contribution in [2.45, 2.75) is 126 Å². The molecule has 7 heteroatoms. The molecule has 0 aliphatic heterocycles. The van der Waals surface area contributed by atoms with Gasteiger partial charge in [-0.15, -0.1) is 0 Å². The maximum atomic E-state index is 6.43. The van der Waals surface area contributed by atoms with Crippen LogP contribution in [0.5, 0.6) is 0 Å². The third-order valence-electron chi connectivity index (χ3n) is 9.58. The van der Waals surface area contributed by atoms with E-state index in [9.17, 15) is 0 Å². The van der Waals surface area contributed by atoms with Crippen LogP contribution in [0, 0.1) is 47.7 Å². The molecule has 3 aromatic rings. The number of benzene rings is 2. The number of halogens is 1. The fourth-order valence-electron chi connectivity index (χ4n) is 5.19. The van der Waals surface area contributed by atoms with Crippen LogP contribution in [0.15, 0.2) is 52.4 Å². The Morgan fingerprint density at radius 2 is 0.936 bits per heavy atom. The predicted octanol–water partition coefficient (Wildman–Crippen LogP) is 13.3. The summed E-state index contributed by atoms with van der Waals surface area (Å²) in [6, 6.07) is 22.4. The van der Waals surface area contributed by atoms with Crippen LogP contribution in [0.25, 0.3) is 0 Å². The summed E-state index contributed by atoms with van der Waals surface area (Å²) < 4.78 is 0. The quantitative estimate of drug-likeness (QED) is 0.116. The van der Waals surface area contributed by atoms with E-state index in [-0.39, 0.29) is 17.1 Å². The zero-order valence-corrected chi connectivity index (χ0v) is 35.6. The molecule has 260 valence electrons. The standard InChI is InChI=1S/C26H28ClN3.2C7H17Si.Fe/c1-15-11-17(3)25(18(4)12-15)28-20(6)23-9-8-10-24(30-23)21(7)29-26-19(5)13-16(2)14-22(26)27;2*1-5-8(4,6-2)7-3;/h8-14H,1-7H3;2*4-7H2,1-3H3;/q;2*-1;+2. The first-order chi connectivity index (χ1) is 21.5. The maximum absolute atomic E-state index is 6.43. The fraction of sp³-hybridized carbons (Fsp3) is 0.475. The van der Waals surface area contributed by atoms with Crippen LogP contribution >= 0.6 is 11.6 Å². The van der Waals surface area contributed by atoms with Crippen LogP contribution in [0.1, 0.15) is 94.6 Å². The first kappa shape index (κ1) is 45.2. The van der Waals surface area contributed by atoms with E-state index in [2.05, 4.69) is 93.6 Å². The molecular formula is C40H62ClFeN3Si2. The Balaban J connectivity index is 0.00000103. The minimum absolute atomic E-state index is 0. The summed E-state index contributed by atoms with van der Waals surface area (Å²) in [4.78, 5) is 14.5. The van der Waals surface area contributed by atoms with Gasteiger partial charge in [0, 0.05) is 0 Å². The van der Waals surface area contributed by atoms with Crippen LogP contribution in [0.3, 0.4) is 0 Å². The van der Waals surface area contributed by atoms with E-state index in [1.807, 2.05) is 52.0 Å². The summed E-state index contributed by atoms with van der Waals surface area (Å²) in [7, 11) is -1.84. The molecule has 0 saturated carbocycles. The van der Waals surface area contributed by atoms with Crippen molar-refractivity contribution in [3.05, 3.63) is 99.8 Å². The fourth-order valence-corrected chi connectivity index (χ4v) is 8.55. The molecule has 0 bridgehead atoms. The van der Waals surface area contributed by atoms with E-state index < -0.39 is 16.1 Å². The summed E-state index contributed by atoms with van der Waals surface area (Å²) in [5.74, 6) is 0. The smallest absolute Gasteiger partial charge is 0.342 e. The predicted molar refractivity (Wildman–Crippen MR) is 215 cm³/mol. The topological polar surface area (TPSA) is 37.6 Å². The van der Waals surface area contributed by atoms with Gasteiger partial charge in [-0.1, -0.05) is 135 Å². The molecule has 2 aromatic carbocycles. The van der Waals surface area contributed by atoms with Crippen molar-refractivity contribution in [1.29, 1.82) is 0 Å². The monoisotopic (exact) mass is 731 g/mol.